The summed E-state index contributed by atoms with van der Waals surface area (Å²) in [7, 11) is 0. The fourth-order valence-corrected chi connectivity index (χ4v) is 2.37. The minimum absolute atomic E-state index is 0.120. The van der Waals surface area contributed by atoms with Gasteiger partial charge in [-0.05, 0) is 43.3 Å². The Bertz CT molecular complexity index is 478. The highest BCUT2D eigenvalue weighted by Gasteiger charge is 2.06. The summed E-state index contributed by atoms with van der Waals surface area (Å²) in [4.78, 5) is 1.11. The zero-order valence-corrected chi connectivity index (χ0v) is 11.1. The van der Waals surface area contributed by atoms with Crippen LogP contribution in [0.25, 0.3) is 0 Å². The van der Waals surface area contributed by atoms with Gasteiger partial charge in [0.25, 0.3) is 0 Å². The van der Waals surface area contributed by atoms with Crippen molar-refractivity contribution in [3.63, 3.8) is 0 Å². The predicted molar refractivity (Wildman–Crippen MR) is 71.6 cm³/mol. The monoisotopic (exact) mass is 267 g/mol. The van der Waals surface area contributed by atoms with Crippen molar-refractivity contribution in [1.29, 1.82) is 0 Å². The van der Waals surface area contributed by atoms with Gasteiger partial charge in [0.2, 0.25) is 0 Å². The highest BCUT2D eigenvalue weighted by atomic mass is 35.5. The largest absolute Gasteiger partial charge is 0.454 e. The van der Waals surface area contributed by atoms with Gasteiger partial charge in [-0.25, -0.2) is 0 Å². The molecule has 2 rings (SSSR count). The predicted octanol–water partition coefficient (Wildman–Crippen LogP) is 3.97. The molecule has 0 radical (unpaired) electrons. The third-order valence-corrected chi connectivity index (χ3v) is 3.37. The molecular formula is C13H14ClNOS. The zero-order chi connectivity index (χ0) is 12.3. The van der Waals surface area contributed by atoms with Crippen molar-refractivity contribution in [2.45, 2.75) is 29.4 Å². The summed E-state index contributed by atoms with van der Waals surface area (Å²) in [6.07, 6.45) is 0.765. The van der Waals surface area contributed by atoms with Crippen molar-refractivity contribution >= 4 is 23.4 Å². The molecule has 1 atom stereocenters. The number of rotatable bonds is 4. The SMILES string of the molecule is CC(N)Cc1ccc(Sc2ccc(Cl)cc2)o1. The Morgan fingerprint density at radius 3 is 2.59 bits per heavy atom. The number of benzene rings is 1. The lowest BCUT2D eigenvalue weighted by Gasteiger charge is -2.01. The van der Waals surface area contributed by atoms with Crippen LogP contribution in [0.1, 0.15) is 12.7 Å². The van der Waals surface area contributed by atoms with Gasteiger partial charge < -0.3 is 10.2 Å². The van der Waals surface area contributed by atoms with Crippen molar-refractivity contribution in [3.8, 4) is 0 Å². The number of hydrogen-bond donors (Lipinski definition) is 1. The van der Waals surface area contributed by atoms with Gasteiger partial charge in [-0.15, -0.1) is 0 Å². The van der Waals surface area contributed by atoms with E-state index in [9.17, 15) is 0 Å². The van der Waals surface area contributed by atoms with E-state index >= 15 is 0 Å². The van der Waals surface area contributed by atoms with E-state index in [-0.39, 0.29) is 6.04 Å². The first-order chi connectivity index (χ1) is 8.13. The second-order valence-corrected chi connectivity index (χ2v) is 5.47. The molecule has 0 aliphatic heterocycles. The second-order valence-electron chi connectivity index (χ2n) is 3.96. The van der Waals surface area contributed by atoms with Gasteiger partial charge in [-0.2, -0.15) is 0 Å². The number of nitrogens with two attached hydrogens (primary N) is 1. The maximum absolute atomic E-state index is 5.83. The van der Waals surface area contributed by atoms with Crippen LogP contribution in [0.3, 0.4) is 0 Å². The van der Waals surface area contributed by atoms with Crippen LogP contribution in [0.5, 0.6) is 0 Å². The van der Waals surface area contributed by atoms with Gasteiger partial charge in [0.05, 0.1) is 0 Å². The Morgan fingerprint density at radius 1 is 1.24 bits per heavy atom. The van der Waals surface area contributed by atoms with E-state index in [1.165, 1.54) is 0 Å². The Labute approximate surface area is 110 Å². The fourth-order valence-electron chi connectivity index (χ4n) is 1.46. The number of furan rings is 1. The van der Waals surface area contributed by atoms with Crippen LogP contribution in [0.15, 0.2) is 50.8 Å². The Morgan fingerprint density at radius 2 is 1.94 bits per heavy atom. The molecule has 0 amide bonds. The van der Waals surface area contributed by atoms with Gasteiger partial charge in [0.1, 0.15) is 5.76 Å². The standard InChI is InChI=1S/C13H14ClNOS/c1-9(15)8-11-4-7-13(16-11)17-12-5-2-10(14)3-6-12/h2-7,9H,8,15H2,1H3. The van der Waals surface area contributed by atoms with Crippen molar-refractivity contribution in [1.82, 2.24) is 0 Å². The maximum atomic E-state index is 5.83. The molecular weight excluding hydrogens is 254 g/mol. The molecule has 2 nitrogen and oxygen atoms in total. The zero-order valence-electron chi connectivity index (χ0n) is 9.52. The lowest BCUT2D eigenvalue weighted by molar-refractivity contribution is 0.422. The van der Waals surface area contributed by atoms with E-state index in [0.29, 0.717) is 0 Å². The summed E-state index contributed by atoms with van der Waals surface area (Å²) in [5.41, 5.74) is 5.72. The molecule has 0 aliphatic rings. The molecule has 17 heavy (non-hydrogen) atoms. The van der Waals surface area contributed by atoms with Crippen LogP contribution in [-0.2, 0) is 6.42 Å². The van der Waals surface area contributed by atoms with Gasteiger partial charge in [0.15, 0.2) is 5.09 Å². The summed E-state index contributed by atoms with van der Waals surface area (Å²) in [6, 6.07) is 11.8. The third-order valence-electron chi connectivity index (χ3n) is 2.19. The van der Waals surface area contributed by atoms with Crippen LogP contribution in [0, 0.1) is 0 Å². The van der Waals surface area contributed by atoms with Gasteiger partial charge in [-0.3, -0.25) is 0 Å². The van der Waals surface area contributed by atoms with Crippen LogP contribution >= 0.6 is 23.4 Å². The average Bonchev–Trinajstić information content (AvgIpc) is 2.68. The molecule has 1 unspecified atom stereocenters. The highest BCUT2D eigenvalue weighted by molar-refractivity contribution is 7.99. The van der Waals surface area contributed by atoms with E-state index in [1.54, 1.807) is 11.8 Å². The first-order valence-electron chi connectivity index (χ1n) is 5.41. The molecule has 0 spiro atoms. The molecule has 0 saturated carbocycles. The second kappa shape index (κ2) is 5.63. The Hall–Kier alpha value is -0.900. The molecule has 0 bridgehead atoms. The molecule has 0 aliphatic carbocycles. The topological polar surface area (TPSA) is 39.2 Å². The van der Waals surface area contributed by atoms with Crippen molar-refractivity contribution < 1.29 is 4.42 Å². The minimum Gasteiger partial charge on any atom is -0.454 e. The number of hydrogen-bond acceptors (Lipinski definition) is 3. The minimum atomic E-state index is 0.120. The summed E-state index contributed by atoms with van der Waals surface area (Å²) in [5, 5.41) is 1.62. The lowest BCUT2D eigenvalue weighted by Crippen LogP contribution is -2.17. The molecule has 1 heterocycles. The van der Waals surface area contributed by atoms with Crippen LogP contribution in [-0.4, -0.2) is 6.04 Å². The fraction of sp³-hybridized carbons (Fsp3) is 0.231. The smallest absolute Gasteiger partial charge is 0.165 e. The highest BCUT2D eigenvalue weighted by Crippen LogP contribution is 2.30. The number of halogens is 1. The van der Waals surface area contributed by atoms with Crippen molar-refractivity contribution in [2.24, 2.45) is 5.73 Å². The lowest BCUT2D eigenvalue weighted by atomic mass is 10.2. The third kappa shape index (κ3) is 3.80. The summed E-state index contributed by atoms with van der Waals surface area (Å²) in [5.74, 6) is 0.927. The molecule has 4 heteroatoms. The molecule has 2 N–H and O–H groups in total. The Balaban J connectivity index is 2.03. The van der Waals surface area contributed by atoms with Gasteiger partial charge in [0, 0.05) is 22.4 Å². The summed E-state index contributed by atoms with van der Waals surface area (Å²) in [6.45, 7) is 1.97. The molecule has 90 valence electrons. The molecule has 0 saturated heterocycles. The summed E-state index contributed by atoms with van der Waals surface area (Å²) >= 11 is 7.41. The van der Waals surface area contributed by atoms with E-state index in [0.717, 1.165) is 27.2 Å². The average molecular weight is 268 g/mol. The first-order valence-corrected chi connectivity index (χ1v) is 6.60. The van der Waals surface area contributed by atoms with Gasteiger partial charge in [-0.1, -0.05) is 23.4 Å². The first kappa shape index (κ1) is 12.6. The molecule has 0 fully saturated rings. The van der Waals surface area contributed by atoms with Crippen molar-refractivity contribution in [3.05, 3.63) is 47.2 Å². The normalized spacial score (nSPS) is 12.6. The van der Waals surface area contributed by atoms with Crippen LogP contribution in [0.2, 0.25) is 5.02 Å². The van der Waals surface area contributed by atoms with Crippen LogP contribution < -0.4 is 5.73 Å². The quantitative estimate of drug-likeness (QED) is 0.911. The van der Waals surface area contributed by atoms with E-state index < -0.39 is 0 Å². The summed E-state index contributed by atoms with van der Waals surface area (Å²) < 4.78 is 5.68. The van der Waals surface area contributed by atoms with E-state index in [1.807, 2.05) is 43.3 Å². The van der Waals surface area contributed by atoms with E-state index in [4.69, 9.17) is 21.8 Å². The van der Waals surface area contributed by atoms with Crippen molar-refractivity contribution in [2.75, 3.05) is 0 Å². The molecule has 1 aromatic carbocycles. The van der Waals surface area contributed by atoms with Gasteiger partial charge >= 0.3 is 0 Å². The molecule has 1 aromatic heterocycles. The maximum Gasteiger partial charge on any atom is 0.165 e. The van der Waals surface area contributed by atoms with E-state index in [2.05, 4.69) is 0 Å². The van der Waals surface area contributed by atoms with Crippen LogP contribution in [0.4, 0.5) is 0 Å². The molecule has 2 aromatic rings. The Kier molecular flexibility index (Phi) is 4.15.